The molecular formula is C23H20N4O2S. The quantitative estimate of drug-likeness (QED) is 0.453. The maximum atomic E-state index is 11.4. The van der Waals surface area contributed by atoms with Gasteiger partial charge in [-0.3, -0.25) is 4.79 Å². The molecule has 1 N–H and O–H groups in total. The van der Waals surface area contributed by atoms with Crippen LogP contribution in [0.4, 0.5) is 5.69 Å². The Kier molecular flexibility index (Phi) is 4.67. The summed E-state index contributed by atoms with van der Waals surface area (Å²) < 4.78 is 5.51. The van der Waals surface area contributed by atoms with E-state index in [4.69, 9.17) is 9.51 Å². The van der Waals surface area contributed by atoms with Gasteiger partial charge >= 0.3 is 0 Å². The third-order valence-electron chi connectivity index (χ3n) is 5.19. The van der Waals surface area contributed by atoms with Gasteiger partial charge in [0, 0.05) is 40.6 Å². The van der Waals surface area contributed by atoms with Gasteiger partial charge in [-0.2, -0.15) is 4.98 Å². The van der Waals surface area contributed by atoms with Crippen LogP contribution in [0.15, 0.2) is 52.4 Å². The molecule has 2 heterocycles. The van der Waals surface area contributed by atoms with Crippen molar-refractivity contribution in [3.63, 3.8) is 0 Å². The summed E-state index contributed by atoms with van der Waals surface area (Å²) in [5.41, 5.74) is 5.40. The van der Waals surface area contributed by atoms with Crippen LogP contribution in [0.5, 0.6) is 0 Å². The molecule has 1 amide bonds. The third-order valence-corrected chi connectivity index (χ3v) is 6.20. The van der Waals surface area contributed by atoms with Gasteiger partial charge in [-0.05, 0) is 37.5 Å². The number of thiazole rings is 1. The summed E-state index contributed by atoms with van der Waals surface area (Å²) in [5.74, 6) is 1.50. The zero-order chi connectivity index (χ0) is 20.7. The SMILES string of the molecule is CC(=O)Nc1cccc(-c2nc(-c3ccc(-c4csc(C5CC5)n4)cc3)no2)c1C. The Morgan fingerprint density at radius 3 is 2.60 bits per heavy atom. The van der Waals surface area contributed by atoms with E-state index >= 15 is 0 Å². The van der Waals surface area contributed by atoms with Crippen molar-refractivity contribution < 1.29 is 9.32 Å². The van der Waals surface area contributed by atoms with Crippen LogP contribution in [0.3, 0.4) is 0 Å². The number of nitrogens with one attached hydrogen (secondary N) is 1. The molecule has 1 aliphatic rings. The van der Waals surface area contributed by atoms with Gasteiger partial charge in [0.15, 0.2) is 0 Å². The molecule has 0 radical (unpaired) electrons. The van der Waals surface area contributed by atoms with Crippen molar-refractivity contribution in [1.82, 2.24) is 15.1 Å². The van der Waals surface area contributed by atoms with Crippen molar-refractivity contribution in [2.45, 2.75) is 32.6 Å². The second-order valence-corrected chi connectivity index (χ2v) is 8.39. The number of rotatable bonds is 5. The van der Waals surface area contributed by atoms with E-state index in [9.17, 15) is 4.79 Å². The first-order chi connectivity index (χ1) is 14.6. The summed E-state index contributed by atoms with van der Waals surface area (Å²) in [7, 11) is 0. The lowest BCUT2D eigenvalue weighted by Gasteiger charge is -2.08. The first-order valence-corrected chi connectivity index (χ1v) is 10.7. The maximum Gasteiger partial charge on any atom is 0.258 e. The van der Waals surface area contributed by atoms with E-state index in [2.05, 4.69) is 20.8 Å². The van der Waals surface area contributed by atoms with E-state index < -0.39 is 0 Å². The number of hydrogen-bond acceptors (Lipinski definition) is 6. The minimum atomic E-state index is -0.120. The lowest BCUT2D eigenvalue weighted by atomic mass is 10.1. The van der Waals surface area contributed by atoms with E-state index in [0.717, 1.165) is 33.6 Å². The van der Waals surface area contributed by atoms with Crippen LogP contribution in [-0.2, 0) is 4.79 Å². The molecule has 0 unspecified atom stereocenters. The number of benzene rings is 2. The number of carbonyl (C=O) groups is 1. The molecule has 0 saturated heterocycles. The fourth-order valence-electron chi connectivity index (χ4n) is 3.37. The van der Waals surface area contributed by atoms with Crippen molar-refractivity contribution >= 4 is 22.9 Å². The molecular weight excluding hydrogens is 396 g/mol. The van der Waals surface area contributed by atoms with E-state index in [1.165, 1.54) is 24.8 Å². The Labute approximate surface area is 178 Å². The minimum Gasteiger partial charge on any atom is -0.334 e. The summed E-state index contributed by atoms with van der Waals surface area (Å²) >= 11 is 1.75. The number of aromatic nitrogens is 3. The predicted octanol–water partition coefficient (Wildman–Crippen LogP) is 5.67. The lowest BCUT2D eigenvalue weighted by Crippen LogP contribution is -2.07. The number of amides is 1. The zero-order valence-electron chi connectivity index (χ0n) is 16.7. The first kappa shape index (κ1) is 18.7. The van der Waals surface area contributed by atoms with Crippen molar-refractivity contribution in [1.29, 1.82) is 0 Å². The molecule has 0 spiro atoms. The summed E-state index contributed by atoms with van der Waals surface area (Å²) in [6, 6.07) is 13.7. The molecule has 30 heavy (non-hydrogen) atoms. The second kappa shape index (κ2) is 7.50. The molecule has 0 atom stereocenters. The lowest BCUT2D eigenvalue weighted by molar-refractivity contribution is -0.114. The van der Waals surface area contributed by atoms with Gasteiger partial charge in [-0.1, -0.05) is 35.5 Å². The minimum absolute atomic E-state index is 0.120. The van der Waals surface area contributed by atoms with Crippen LogP contribution in [0, 0.1) is 6.92 Å². The van der Waals surface area contributed by atoms with Crippen LogP contribution >= 0.6 is 11.3 Å². The highest BCUT2D eigenvalue weighted by atomic mass is 32.1. The second-order valence-electron chi connectivity index (χ2n) is 7.51. The van der Waals surface area contributed by atoms with E-state index in [-0.39, 0.29) is 5.91 Å². The Balaban J connectivity index is 1.39. The van der Waals surface area contributed by atoms with Gasteiger partial charge < -0.3 is 9.84 Å². The van der Waals surface area contributed by atoms with Gasteiger partial charge in [-0.25, -0.2) is 4.98 Å². The average molecular weight is 417 g/mol. The Hall–Kier alpha value is -3.32. The largest absolute Gasteiger partial charge is 0.334 e. The summed E-state index contributed by atoms with van der Waals surface area (Å²) in [6.07, 6.45) is 2.53. The highest BCUT2D eigenvalue weighted by Gasteiger charge is 2.26. The Morgan fingerprint density at radius 2 is 1.87 bits per heavy atom. The van der Waals surface area contributed by atoms with Crippen molar-refractivity contribution in [2.75, 3.05) is 5.32 Å². The smallest absolute Gasteiger partial charge is 0.258 e. The summed E-state index contributed by atoms with van der Waals surface area (Å²) in [4.78, 5) is 20.7. The fourth-order valence-corrected chi connectivity index (χ4v) is 4.37. The van der Waals surface area contributed by atoms with Gasteiger partial charge in [0.05, 0.1) is 10.7 Å². The van der Waals surface area contributed by atoms with Crippen LogP contribution in [0.1, 0.15) is 36.3 Å². The Morgan fingerprint density at radius 1 is 1.10 bits per heavy atom. The van der Waals surface area contributed by atoms with Crippen molar-refractivity contribution in [3.8, 4) is 34.1 Å². The normalized spacial score (nSPS) is 13.4. The van der Waals surface area contributed by atoms with E-state index in [0.29, 0.717) is 17.6 Å². The molecule has 1 saturated carbocycles. The van der Waals surface area contributed by atoms with Gasteiger partial charge in [0.2, 0.25) is 11.7 Å². The molecule has 2 aromatic heterocycles. The molecule has 6 nitrogen and oxygen atoms in total. The third kappa shape index (κ3) is 3.64. The monoisotopic (exact) mass is 416 g/mol. The average Bonchev–Trinajstić information content (AvgIpc) is 3.27. The topological polar surface area (TPSA) is 80.9 Å². The standard InChI is InChI=1S/C23H20N4O2S/c1-13-18(4-3-5-19(13)24-14(2)28)22-26-21(27-29-22)16-8-6-15(7-9-16)20-12-30-23(25-20)17-10-11-17/h3-9,12,17H,10-11H2,1-2H3,(H,24,28). The molecule has 1 fully saturated rings. The summed E-state index contributed by atoms with van der Waals surface area (Å²) in [6.45, 7) is 3.40. The molecule has 4 aromatic rings. The summed E-state index contributed by atoms with van der Waals surface area (Å²) in [5, 5.41) is 10.3. The number of nitrogens with zero attached hydrogens (tertiary/aromatic N) is 3. The molecule has 0 bridgehead atoms. The van der Waals surface area contributed by atoms with E-state index in [1.54, 1.807) is 11.3 Å². The zero-order valence-corrected chi connectivity index (χ0v) is 17.5. The maximum absolute atomic E-state index is 11.4. The van der Waals surface area contributed by atoms with Gasteiger partial charge in [0.1, 0.15) is 0 Å². The van der Waals surface area contributed by atoms with Crippen molar-refractivity contribution in [2.24, 2.45) is 0 Å². The molecule has 5 rings (SSSR count). The highest BCUT2D eigenvalue weighted by molar-refractivity contribution is 7.10. The van der Waals surface area contributed by atoms with Crippen LogP contribution < -0.4 is 5.32 Å². The molecule has 7 heteroatoms. The fraction of sp³-hybridized carbons (Fsp3) is 0.217. The number of carbonyl (C=O) groups excluding carboxylic acids is 1. The molecule has 0 aliphatic heterocycles. The number of hydrogen-bond donors (Lipinski definition) is 1. The predicted molar refractivity (Wildman–Crippen MR) is 117 cm³/mol. The molecule has 150 valence electrons. The van der Waals surface area contributed by atoms with Crippen molar-refractivity contribution in [3.05, 3.63) is 58.4 Å². The number of anilines is 1. The van der Waals surface area contributed by atoms with Crippen LogP contribution in [0.25, 0.3) is 34.1 Å². The first-order valence-electron chi connectivity index (χ1n) is 9.86. The molecule has 1 aliphatic carbocycles. The van der Waals surface area contributed by atoms with Gasteiger partial charge in [-0.15, -0.1) is 11.3 Å². The Bertz CT molecular complexity index is 1220. The van der Waals surface area contributed by atoms with Gasteiger partial charge in [0.25, 0.3) is 5.89 Å². The van der Waals surface area contributed by atoms with Crippen LogP contribution in [0.2, 0.25) is 0 Å². The van der Waals surface area contributed by atoms with E-state index in [1.807, 2.05) is 49.4 Å². The molecule has 2 aromatic carbocycles. The highest BCUT2D eigenvalue weighted by Crippen LogP contribution is 2.42. The van der Waals surface area contributed by atoms with Crippen LogP contribution in [-0.4, -0.2) is 21.0 Å².